The minimum absolute atomic E-state index is 0.177. The van der Waals surface area contributed by atoms with Crippen molar-refractivity contribution in [3.8, 4) is 11.1 Å². The average molecular weight is 528 g/mol. The molecular formula is C25H32F3N3O4S. The molecule has 1 N–H and O–H groups in total. The standard InChI is InChI=1S/C25H32F3N3O4S/c1-25(2,28)36(33,34)29-23-20(26)16-31(24(32)30(3)13-14-35-4)21(23)15-18-11-8-12-19(22(18)27)17-9-6-5-7-10-17/h5-12,20-21,23,29H,13-16H2,1-4H3. The highest BCUT2D eigenvalue weighted by atomic mass is 32.2. The van der Waals surface area contributed by atoms with Gasteiger partial charge in [-0.25, -0.2) is 31.1 Å². The first-order chi connectivity index (χ1) is 16.9. The molecule has 3 atom stereocenters. The van der Waals surface area contributed by atoms with Gasteiger partial charge in [-0.2, -0.15) is 0 Å². The molecule has 1 saturated heterocycles. The number of carbonyl (C=O) groups excluding carboxylic acids is 1. The van der Waals surface area contributed by atoms with Crippen molar-refractivity contribution in [3.05, 3.63) is 59.9 Å². The molecule has 1 aliphatic heterocycles. The third kappa shape index (κ3) is 6.01. The van der Waals surface area contributed by atoms with Gasteiger partial charge in [0.05, 0.1) is 25.2 Å². The summed E-state index contributed by atoms with van der Waals surface area (Å²) in [5.74, 6) is -0.557. The number of hydrogen-bond donors (Lipinski definition) is 1. The highest BCUT2D eigenvalue weighted by Gasteiger charge is 2.49. The van der Waals surface area contributed by atoms with E-state index in [1.807, 2.05) is 0 Å². The lowest BCUT2D eigenvalue weighted by atomic mass is 9.96. The molecule has 198 valence electrons. The van der Waals surface area contributed by atoms with Crippen LogP contribution in [0.3, 0.4) is 0 Å². The lowest BCUT2D eigenvalue weighted by Gasteiger charge is -2.32. The van der Waals surface area contributed by atoms with Gasteiger partial charge in [0.1, 0.15) is 12.0 Å². The summed E-state index contributed by atoms with van der Waals surface area (Å²) in [5, 5.41) is -2.69. The van der Waals surface area contributed by atoms with Crippen LogP contribution >= 0.6 is 0 Å². The Morgan fingerprint density at radius 1 is 1.19 bits per heavy atom. The summed E-state index contributed by atoms with van der Waals surface area (Å²) in [5.41, 5.74) is 1.13. The van der Waals surface area contributed by atoms with Gasteiger partial charge in [0.2, 0.25) is 15.0 Å². The molecule has 11 heteroatoms. The van der Waals surface area contributed by atoms with Crippen molar-refractivity contribution < 1.29 is 31.1 Å². The maximum atomic E-state index is 15.6. The molecule has 1 heterocycles. The molecule has 36 heavy (non-hydrogen) atoms. The van der Waals surface area contributed by atoms with Crippen molar-refractivity contribution >= 4 is 16.1 Å². The van der Waals surface area contributed by atoms with Crippen molar-refractivity contribution in [2.75, 3.05) is 33.9 Å². The van der Waals surface area contributed by atoms with E-state index in [0.717, 1.165) is 13.8 Å². The molecule has 0 bridgehead atoms. The second-order valence-electron chi connectivity index (χ2n) is 9.29. The maximum Gasteiger partial charge on any atom is 0.320 e. The smallest absolute Gasteiger partial charge is 0.320 e. The number of ether oxygens (including phenoxy) is 1. The summed E-state index contributed by atoms with van der Waals surface area (Å²) in [4.78, 5) is 15.7. The Balaban J connectivity index is 1.99. The first kappa shape index (κ1) is 27.9. The third-order valence-electron chi connectivity index (χ3n) is 6.30. The number of alkyl halides is 2. The van der Waals surface area contributed by atoms with Crippen LogP contribution < -0.4 is 4.72 Å². The van der Waals surface area contributed by atoms with Crippen LogP contribution in [-0.2, 0) is 21.2 Å². The topological polar surface area (TPSA) is 79.0 Å². The number of likely N-dealkylation sites (N-methyl/N-ethyl adjacent to an activating group) is 1. The van der Waals surface area contributed by atoms with E-state index in [-0.39, 0.29) is 25.1 Å². The van der Waals surface area contributed by atoms with Gasteiger partial charge in [0.25, 0.3) is 0 Å². The molecule has 2 amide bonds. The lowest BCUT2D eigenvalue weighted by Crippen LogP contribution is -2.54. The predicted molar refractivity (Wildman–Crippen MR) is 132 cm³/mol. The van der Waals surface area contributed by atoms with Crippen molar-refractivity contribution in [1.82, 2.24) is 14.5 Å². The summed E-state index contributed by atoms with van der Waals surface area (Å²) >= 11 is 0. The summed E-state index contributed by atoms with van der Waals surface area (Å²) in [7, 11) is -1.63. The van der Waals surface area contributed by atoms with Crippen LogP contribution in [0.4, 0.5) is 18.0 Å². The monoisotopic (exact) mass is 527 g/mol. The number of amides is 2. The van der Waals surface area contributed by atoms with E-state index >= 15 is 8.78 Å². The number of hydrogen-bond acceptors (Lipinski definition) is 4. The van der Waals surface area contributed by atoms with Crippen LogP contribution in [0.15, 0.2) is 48.5 Å². The maximum absolute atomic E-state index is 15.6. The molecule has 1 fully saturated rings. The van der Waals surface area contributed by atoms with Crippen LogP contribution in [0.25, 0.3) is 11.1 Å². The zero-order chi connectivity index (χ0) is 26.7. The van der Waals surface area contributed by atoms with E-state index in [1.54, 1.807) is 42.5 Å². The number of sulfonamides is 1. The van der Waals surface area contributed by atoms with Gasteiger partial charge in [-0.3, -0.25) is 0 Å². The Kier molecular flexibility index (Phi) is 8.68. The summed E-state index contributed by atoms with van der Waals surface area (Å²) < 4.78 is 77.4. The molecule has 2 aromatic rings. The van der Waals surface area contributed by atoms with E-state index < -0.39 is 51.7 Å². The number of halogens is 3. The predicted octanol–water partition coefficient (Wildman–Crippen LogP) is 3.75. The zero-order valence-corrected chi connectivity index (χ0v) is 21.6. The minimum Gasteiger partial charge on any atom is -0.383 e. The number of rotatable bonds is 9. The fraction of sp³-hybridized carbons (Fsp3) is 0.480. The van der Waals surface area contributed by atoms with Crippen LogP contribution in [0.2, 0.25) is 0 Å². The number of carbonyl (C=O) groups is 1. The normalized spacial score (nSPS) is 20.5. The highest BCUT2D eigenvalue weighted by Crippen LogP contribution is 2.31. The summed E-state index contributed by atoms with van der Waals surface area (Å²) in [6.07, 6.45) is -2.01. The number of likely N-dealkylation sites (tertiary alicyclic amines) is 1. The van der Waals surface area contributed by atoms with Crippen molar-refractivity contribution in [2.24, 2.45) is 0 Å². The second-order valence-corrected chi connectivity index (χ2v) is 11.5. The molecule has 2 aromatic carbocycles. The van der Waals surface area contributed by atoms with Gasteiger partial charge in [0.15, 0.2) is 0 Å². The lowest BCUT2D eigenvalue weighted by molar-refractivity contribution is 0.130. The van der Waals surface area contributed by atoms with Crippen LogP contribution in [-0.4, -0.2) is 81.4 Å². The van der Waals surface area contributed by atoms with Gasteiger partial charge in [-0.1, -0.05) is 48.5 Å². The van der Waals surface area contributed by atoms with Gasteiger partial charge in [0, 0.05) is 26.3 Å². The van der Waals surface area contributed by atoms with Gasteiger partial charge >= 0.3 is 6.03 Å². The Morgan fingerprint density at radius 2 is 1.86 bits per heavy atom. The molecule has 3 rings (SSSR count). The molecular weight excluding hydrogens is 495 g/mol. The Hall–Kier alpha value is -2.63. The van der Waals surface area contributed by atoms with Gasteiger partial charge in [-0.15, -0.1) is 0 Å². The van der Waals surface area contributed by atoms with Gasteiger partial charge in [-0.05, 0) is 31.4 Å². The van der Waals surface area contributed by atoms with Crippen LogP contribution in [0.1, 0.15) is 19.4 Å². The Morgan fingerprint density at radius 3 is 2.47 bits per heavy atom. The molecule has 0 radical (unpaired) electrons. The second kappa shape index (κ2) is 11.2. The van der Waals surface area contributed by atoms with Crippen molar-refractivity contribution in [1.29, 1.82) is 0 Å². The van der Waals surface area contributed by atoms with E-state index in [0.29, 0.717) is 11.1 Å². The first-order valence-electron chi connectivity index (χ1n) is 11.6. The van der Waals surface area contributed by atoms with Crippen LogP contribution in [0, 0.1) is 5.82 Å². The molecule has 0 aromatic heterocycles. The van der Waals surface area contributed by atoms with E-state index in [9.17, 15) is 17.6 Å². The van der Waals surface area contributed by atoms with E-state index in [1.165, 1.54) is 30.0 Å². The molecule has 3 unspecified atom stereocenters. The SMILES string of the molecule is COCCN(C)C(=O)N1CC(F)C(NS(=O)(=O)C(C)(C)F)C1Cc1cccc(-c2ccccc2)c1F. The van der Waals surface area contributed by atoms with E-state index in [4.69, 9.17) is 4.74 Å². The fourth-order valence-electron chi connectivity index (χ4n) is 4.15. The molecule has 0 aliphatic carbocycles. The summed E-state index contributed by atoms with van der Waals surface area (Å²) in [6, 6.07) is 10.5. The number of urea groups is 1. The number of nitrogens with zero attached hydrogens (tertiary/aromatic N) is 2. The molecule has 7 nitrogen and oxygen atoms in total. The Bertz CT molecular complexity index is 1160. The number of benzene rings is 2. The number of methoxy groups -OCH3 is 1. The quantitative estimate of drug-likeness (QED) is 0.539. The van der Waals surface area contributed by atoms with Crippen molar-refractivity contribution in [2.45, 2.75) is 43.5 Å². The van der Waals surface area contributed by atoms with Crippen molar-refractivity contribution in [3.63, 3.8) is 0 Å². The molecule has 0 spiro atoms. The number of nitrogens with one attached hydrogen (secondary N) is 1. The minimum atomic E-state index is -4.61. The highest BCUT2D eigenvalue weighted by molar-refractivity contribution is 7.90. The summed E-state index contributed by atoms with van der Waals surface area (Å²) in [6.45, 7) is 1.70. The van der Waals surface area contributed by atoms with E-state index in [2.05, 4.69) is 4.72 Å². The van der Waals surface area contributed by atoms with Crippen LogP contribution in [0.5, 0.6) is 0 Å². The zero-order valence-electron chi connectivity index (χ0n) is 20.7. The molecule has 0 saturated carbocycles. The average Bonchev–Trinajstić information content (AvgIpc) is 3.12. The Labute approximate surface area is 210 Å². The third-order valence-corrected chi connectivity index (χ3v) is 8.16. The molecule has 1 aliphatic rings. The largest absolute Gasteiger partial charge is 0.383 e. The van der Waals surface area contributed by atoms with Gasteiger partial charge < -0.3 is 14.5 Å². The fourth-order valence-corrected chi connectivity index (χ4v) is 5.09. The first-order valence-corrected chi connectivity index (χ1v) is 13.0.